The second-order valence-corrected chi connectivity index (χ2v) is 6.68. The number of fused-ring (bicyclic) bond motifs is 1. The van der Waals surface area contributed by atoms with Gasteiger partial charge in [-0.15, -0.1) is 0 Å². The molecule has 1 saturated heterocycles. The number of thioether (sulfide) groups is 1. The Morgan fingerprint density at radius 2 is 2.21 bits per heavy atom. The summed E-state index contributed by atoms with van der Waals surface area (Å²) in [5.41, 5.74) is 3.96. The average molecular weight is 277 g/mol. The summed E-state index contributed by atoms with van der Waals surface area (Å²) in [6, 6.07) is 0. The van der Waals surface area contributed by atoms with Crippen LogP contribution in [0.4, 0.5) is 0 Å². The molecule has 4 nitrogen and oxygen atoms in total. The minimum atomic E-state index is 0.108. The smallest absolute Gasteiger partial charge is 0.158 e. The van der Waals surface area contributed by atoms with Crippen LogP contribution in [0.2, 0.25) is 0 Å². The molecule has 1 aromatic heterocycles. The minimum Gasteiger partial charge on any atom is -0.368 e. The molecule has 1 saturated carbocycles. The largest absolute Gasteiger partial charge is 0.368 e. The van der Waals surface area contributed by atoms with Crippen LogP contribution in [-0.4, -0.2) is 34.6 Å². The number of rotatable bonds is 2. The number of aromatic nitrogens is 2. The van der Waals surface area contributed by atoms with Gasteiger partial charge in [-0.3, -0.25) is 0 Å². The zero-order chi connectivity index (χ0) is 12.7. The van der Waals surface area contributed by atoms with E-state index in [0.717, 1.165) is 43.4 Å². The number of hydrogen-bond acceptors (Lipinski definition) is 5. The van der Waals surface area contributed by atoms with E-state index in [1.54, 1.807) is 0 Å². The van der Waals surface area contributed by atoms with Crippen molar-refractivity contribution in [3.8, 4) is 0 Å². The van der Waals surface area contributed by atoms with Gasteiger partial charge in [-0.1, -0.05) is 0 Å². The third kappa shape index (κ3) is 2.39. The van der Waals surface area contributed by atoms with Crippen LogP contribution in [-0.2, 0) is 17.7 Å². The third-order valence-corrected chi connectivity index (χ3v) is 5.04. The topological polar surface area (TPSA) is 47.0 Å². The van der Waals surface area contributed by atoms with Crippen LogP contribution in [0.1, 0.15) is 47.6 Å². The van der Waals surface area contributed by atoms with Gasteiger partial charge in [0.25, 0.3) is 0 Å². The first kappa shape index (κ1) is 12.1. The van der Waals surface area contributed by atoms with Gasteiger partial charge in [0.05, 0.1) is 18.0 Å². The van der Waals surface area contributed by atoms with Crippen LogP contribution >= 0.6 is 11.8 Å². The first-order chi connectivity index (χ1) is 9.42. The Morgan fingerprint density at radius 1 is 1.26 bits per heavy atom. The lowest BCUT2D eigenvalue weighted by Gasteiger charge is -2.25. The quantitative estimate of drug-likeness (QED) is 0.893. The molecule has 3 heterocycles. The summed E-state index contributed by atoms with van der Waals surface area (Å²) in [6.45, 7) is 2.81. The summed E-state index contributed by atoms with van der Waals surface area (Å²) in [4.78, 5) is 9.70. The lowest BCUT2D eigenvalue weighted by Crippen LogP contribution is -2.28. The molecule has 2 aliphatic heterocycles. The van der Waals surface area contributed by atoms with Gasteiger partial charge in [0.2, 0.25) is 0 Å². The lowest BCUT2D eigenvalue weighted by atomic mass is 10.0. The van der Waals surface area contributed by atoms with Crippen molar-refractivity contribution >= 4 is 11.8 Å². The first-order valence-electron chi connectivity index (χ1n) is 7.21. The zero-order valence-electron chi connectivity index (χ0n) is 11.0. The van der Waals surface area contributed by atoms with Crippen molar-refractivity contribution in [2.75, 3.05) is 24.7 Å². The summed E-state index contributed by atoms with van der Waals surface area (Å²) in [5, 5.41) is 3.45. The van der Waals surface area contributed by atoms with Crippen molar-refractivity contribution in [1.82, 2.24) is 15.3 Å². The molecule has 102 valence electrons. The van der Waals surface area contributed by atoms with Gasteiger partial charge in [0.1, 0.15) is 6.10 Å². The van der Waals surface area contributed by atoms with Crippen LogP contribution in [0, 0.1) is 0 Å². The Bertz CT molecular complexity index is 484. The van der Waals surface area contributed by atoms with Crippen LogP contribution < -0.4 is 5.32 Å². The summed E-state index contributed by atoms with van der Waals surface area (Å²) >= 11 is 1.95. The van der Waals surface area contributed by atoms with Gasteiger partial charge < -0.3 is 10.1 Å². The molecule has 0 amide bonds. The van der Waals surface area contributed by atoms with Gasteiger partial charge in [-0.25, -0.2) is 9.97 Å². The van der Waals surface area contributed by atoms with E-state index in [4.69, 9.17) is 14.7 Å². The number of nitrogens with one attached hydrogen (secondary N) is 1. The van der Waals surface area contributed by atoms with Crippen molar-refractivity contribution in [3.05, 3.63) is 22.8 Å². The highest BCUT2D eigenvalue weighted by Gasteiger charge is 2.32. The first-order valence-corrected chi connectivity index (χ1v) is 8.37. The maximum Gasteiger partial charge on any atom is 0.158 e. The van der Waals surface area contributed by atoms with E-state index in [2.05, 4.69) is 5.32 Å². The van der Waals surface area contributed by atoms with Gasteiger partial charge >= 0.3 is 0 Å². The van der Waals surface area contributed by atoms with Crippen molar-refractivity contribution in [3.63, 3.8) is 0 Å². The van der Waals surface area contributed by atoms with Crippen molar-refractivity contribution < 1.29 is 4.74 Å². The Morgan fingerprint density at radius 3 is 3.00 bits per heavy atom. The molecule has 3 aliphatic rings. The molecule has 4 rings (SSSR count). The summed E-state index contributed by atoms with van der Waals surface area (Å²) in [5.74, 6) is 3.73. The summed E-state index contributed by atoms with van der Waals surface area (Å²) in [7, 11) is 0. The van der Waals surface area contributed by atoms with Gasteiger partial charge in [0.15, 0.2) is 5.82 Å². The molecule has 0 radical (unpaired) electrons. The average Bonchev–Trinajstić information content (AvgIpc) is 3.32. The monoisotopic (exact) mass is 277 g/mol. The molecule has 0 spiro atoms. The Hall–Kier alpha value is -0.650. The Labute approximate surface area is 117 Å². The van der Waals surface area contributed by atoms with E-state index in [0.29, 0.717) is 5.92 Å². The van der Waals surface area contributed by atoms with E-state index in [1.165, 1.54) is 29.8 Å². The molecule has 0 bridgehead atoms. The fourth-order valence-corrected chi connectivity index (χ4v) is 3.70. The number of ether oxygens (including phenoxy) is 1. The highest BCUT2D eigenvalue weighted by Crippen LogP contribution is 2.42. The highest BCUT2D eigenvalue weighted by molar-refractivity contribution is 7.99. The second-order valence-electron chi connectivity index (χ2n) is 5.53. The Balaban J connectivity index is 1.72. The minimum absolute atomic E-state index is 0.108. The highest BCUT2D eigenvalue weighted by atomic mass is 32.2. The molecule has 0 aromatic carbocycles. The van der Waals surface area contributed by atoms with E-state index in [1.807, 2.05) is 11.8 Å². The van der Waals surface area contributed by atoms with Gasteiger partial charge in [-0.2, -0.15) is 11.8 Å². The zero-order valence-corrected chi connectivity index (χ0v) is 11.8. The van der Waals surface area contributed by atoms with Crippen molar-refractivity contribution in [2.45, 2.75) is 37.8 Å². The molecule has 2 fully saturated rings. The molecule has 5 heteroatoms. The molecule has 1 aromatic rings. The maximum atomic E-state index is 5.85. The van der Waals surface area contributed by atoms with E-state index in [9.17, 15) is 0 Å². The molecular formula is C14H19N3OS. The van der Waals surface area contributed by atoms with Crippen LogP contribution in [0.25, 0.3) is 0 Å². The maximum absolute atomic E-state index is 5.85. The molecule has 1 N–H and O–H groups in total. The molecule has 1 unspecified atom stereocenters. The molecular weight excluding hydrogens is 258 g/mol. The fraction of sp³-hybridized carbons (Fsp3) is 0.714. The van der Waals surface area contributed by atoms with Gasteiger partial charge in [0, 0.05) is 42.5 Å². The van der Waals surface area contributed by atoms with E-state index in [-0.39, 0.29) is 6.10 Å². The van der Waals surface area contributed by atoms with E-state index < -0.39 is 0 Å². The summed E-state index contributed by atoms with van der Waals surface area (Å²) in [6.07, 6.45) is 3.73. The van der Waals surface area contributed by atoms with Crippen LogP contribution in [0.15, 0.2) is 0 Å². The fourth-order valence-electron chi connectivity index (χ4n) is 2.86. The number of hydrogen-bond donors (Lipinski definition) is 1. The normalized spacial score (nSPS) is 27.1. The predicted molar refractivity (Wildman–Crippen MR) is 75.4 cm³/mol. The molecule has 1 aliphatic carbocycles. The lowest BCUT2D eigenvalue weighted by molar-refractivity contribution is 0.0690. The van der Waals surface area contributed by atoms with E-state index >= 15 is 0 Å². The Kier molecular flexibility index (Phi) is 3.21. The second kappa shape index (κ2) is 5.04. The van der Waals surface area contributed by atoms with Crippen molar-refractivity contribution in [1.29, 1.82) is 0 Å². The summed E-state index contributed by atoms with van der Waals surface area (Å²) < 4.78 is 5.85. The standard InChI is InChI=1S/C14H19N3OS/c1-2-9(1)13-10-7-15-4-3-11(10)16-14(17-13)12-8-19-6-5-18-12/h9,12,15H,1-8H2. The van der Waals surface area contributed by atoms with Crippen LogP contribution in [0.5, 0.6) is 0 Å². The molecule has 1 atom stereocenters. The molecule has 19 heavy (non-hydrogen) atoms. The van der Waals surface area contributed by atoms with Gasteiger partial charge in [-0.05, 0) is 12.8 Å². The third-order valence-electron chi connectivity index (χ3n) is 4.05. The van der Waals surface area contributed by atoms with Crippen molar-refractivity contribution in [2.24, 2.45) is 0 Å². The van der Waals surface area contributed by atoms with Crippen LogP contribution in [0.3, 0.4) is 0 Å². The number of nitrogens with zero attached hydrogens (tertiary/aromatic N) is 2. The SMILES string of the molecule is C1Cc2nc(C3CSCCO3)nc(C3CC3)c2CN1. The predicted octanol–water partition coefficient (Wildman–Crippen LogP) is 1.80.